The summed E-state index contributed by atoms with van der Waals surface area (Å²) in [6.07, 6.45) is 6.16. The summed E-state index contributed by atoms with van der Waals surface area (Å²) in [5, 5.41) is 8.91. The second-order valence-electron chi connectivity index (χ2n) is 6.95. The van der Waals surface area contributed by atoms with Crippen molar-refractivity contribution in [3.05, 3.63) is 29.3 Å². The predicted octanol–water partition coefficient (Wildman–Crippen LogP) is 3.69. The Morgan fingerprint density at radius 1 is 1.48 bits per heavy atom. The van der Waals surface area contributed by atoms with Crippen molar-refractivity contribution in [1.29, 1.82) is 0 Å². The third kappa shape index (κ3) is 6.16. The number of nitrogens with zero attached hydrogens (tertiary/aromatic N) is 2. The summed E-state index contributed by atoms with van der Waals surface area (Å²) in [6.45, 7) is 5.53. The van der Waals surface area contributed by atoms with Gasteiger partial charge in [-0.05, 0) is 43.7 Å². The van der Waals surface area contributed by atoms with E-state index in [1.807, 2.05) is 23.6 Å². The van der Waals surface area contributed by atoms with Crippen molar-refractivity contribution in [1.82, 2.24) is 15.4 Å². The van der Waals surface area contributed by atoms with Gasteiger partial charge < -0.3 is 19.5 Å². The van der Waals surface area contributed by atoms with E-state index in [9.17, 15) is 4.79 Å². The monoisotopic (exact) mass is 391 g/mol. The normalized spacial score (nSPS) is 17.9. The molecule has 1 fully saturated rings. The minimum Gasteiger partial charge on any atom is -0.365 e. The lowest BCUT2D eigenvalue weighted by Crippen LogP contribution is -2.40. The fraction of sp³-hybridized carbons (Fsp3) is 0.600. The van der Waals surface area contributed by atoms with E-state index < -0.39 is 0 Å². The molecule has 0 aliphatic carbocycles. The zero-order valence-electron chi connectivity index (χ0n) is 16.0. The second kappa shape index (κ2) is 10.6. The molecule has 2 aromatic rings. The van der Waals surface area contributed by atoms with Gasteiger partial charge >= 0.3 is 0 Å². The Hall–Kier alpha value is -1.70. The number of thiophene rings is 1. The fourth-order valence-electron chi connectivity index (χ4n) is 3.54. The quantitative estimate of drug-likeness (QED) is 0.626. The number of carbonyl (C=O) groups excluding carboxylic acids is 1. The van der Waals surface area contributed by atoms with Crippen LogP contribution in [0, 0.1) is 0 Å². The van der Waals surface area contributed by atoms with E-state index in [2.05, 4.69) is 22.3 Å². The van der Waals surface area contributed by atoms with Gasteiger partial charge in [0.25, 0.3) is 0 Å². The molecular weight excluding hydrogens is 362 g/mol. The van der Waals surface area contributed by atoms with Crippen LogP contribution in [0.15, 0.2) is 28.1 Å². The molecule has 0 unspecified atom stereocenters. The average Bonchev–Trinajstić information content (AvgIpc) is 3.37. The van der Waals surface area contributed by atoms with E-state index in [0.717, 1.165) is 29.6 Å². The topological polar surface area (TPSA) is 67.6 Å². The molecule has 3 rings (SSSR count). The Balaban J connectivity index is 1.28. The van der Waals surface area contributed by atoms with Gasteiger partial charge in [-0.1, -0.05) is 24.6 Å². The minimum absolute atomic E-state index is 0.0441. The van der Waals surface area contributed by atoms with Crippen molar-refractivity contribution in [3.8, 4) is 10.6 Å². The van der Waals surface area contributed by atoms with Crippen LogP contribution in [-0.2, 0) is 16.1 Å². The van der Waals surface area contributed by atoms with Crippen LogP contribution in [0.5, 0.6) is 0 Å². The molecule has 0 aromatic carbocycles. The number of amides is 1. The summed E-state index contributed by atoms with van der Waals surface area (Å²) in [6, 6.07) is 6.53. The summed E-state index contributed by atoms with van der Waals surface area (Å²) in [5.41, 5.74) is 0.696. The molecule has 1 amide bonds. The van der Waals surface area contributed by atoms with Gasteiger partial charge in [-0.25, -0.2) is 0 Å². The van der Waals surface area contributed by atoms with Crippen molar-refractivity contribution in [2.45, 2.75) is 51.7 Å². The Kier molecular flexibility index (Phi) is 7.86. The highest BCUT2D eigenvalue weighted by Gasteiger charge is 2.19. The third-order valence-corrected chi connectivity index (χ3v) is 5.86. The van der Waals surface area contributed by atoms with Crippen molar-refractivity contribution in [3.63, 3.8) is 0 Å². The molecule has 148 valence electrons. The largest absolute Gasteiger partial charge is 0.365 e. The van der Waals surface area contributed by atoms with Crippen molar-refractivity contribution < 1.29 is 14.1 Å². The van der Waals surface area contributed by atoms with Crippen molar-refractivity contribution >= 4 is 17.2 Å². The molecule has 7 heteroatoms. The first kappa shape index (κ1) is 20.0. The van der Waals surface area contributed by atoms with Gasteiger partial charge in [-0.2, -0.15) is 0 Å². The fourth-order valence-corrected chi connectivity index (χ4v) is 4.21. The van der Waals surface area contributed by atoms with Crippen LogP contribution in [0.25, 0.3) is 10.6 Å². The van der Waals surface area contributed by atoms with Crippen LogP contribution in [0.1, 0.15) is 44.7 Å². The summed E-state index contributed by atoms with van der Waals surface area (Å²) in [7, 11) is 0. The Labute approximate surface area is 164 Å². The van der Waals surface area contributed by atoms with Crippen LogP contribution in [0.3, 0.4) is 0 Å². The highest BCUT2D eigenvalue weighted by atomic mass is 32.1. The lowest BCUT2D eigenvalue weighted by atomic mass is 10.00. The summed E-state index contributed by atoms with van der Waals surface area (Å²) < 4.78 is 10.7. The van der Waals surface area contributed by atoms with Crippen molar-refractivity contribution in [2.24, 2.45) is 0 Å². The average molecular weight is 392 g/mol. The van der Waals surface area contributed by atoms with Crippen LogP contribution in [0.2, 0.25) is 0 Å². The number of hydrogen-bond acceptors (Lipinski definition) is 6. The molecule has 1 saturated heterocycles. The molecule has 1 N–H and O–H groups in total. The highest BCUT2D eigenvalue weighted by Crippen LogP contribution is 2.25. The maximum Gasteiger partial charge on any atom is 0.246 e. The molecular formula is C20H29N3O3S. The third-order valence-electron chi connectivity index (χ3n) is 4.97. The number of ether oxygens (including phenoxy) is 1. The molecule has 27 heavy (non-hydrogen) atoms. The number of aromatic nitrogens is 1. The summed E-state index contributed by atoms with van der Waals surface area (Å²) in [5.74, 6) is 0.652. The summed E-state index contributed by atoms with van der Waals surface area (Å²) in [4.78, 5) is 15.5. The molecule has 0 spiro atoms. The lowest BCUT2D eigenvalue weighted by molar-refractivity contribution is -0.126. The van der Waals surface area contributed by atoms with Gasteiger partial charge in [0.15, 0.2) is 5.76 Å². The molecule has 2 aromatic heterocycles. The first-order chi connectivity index (χ1) is 13.3. The minimum atomic E-state index is -0.0809. The smallest absolute Gasteiger partial charge is 0.246 e. The molecule has 1 aliphatic rings. The van der Waals surface area contributed by atoms with Crippen LogP contribution < -0.4 is 5.32 Å². The molecule has 6 nitrogen and oxygen atoms in total. The zero-order valence-corrected chi connectivity index (χ0v) is 16.8. The molecule has 1 atom stereocenters. The van der Waals surface area contributed by atoms with E-state index in [4.69, 9.17) is 9.26 Å². The number of hydrogen-bond donors (Lipinski definition) is 1. The van der Waals surface area contributed by atoms with Crippen LogP contribution in [-0.4, -0.2) is 48.2 Å². The van der Waals surface area contributed by atoms with Gasteiger partial charge in [0.1, 0.15) is 12.3 Å². The summed E-state index contributed by atoms with van der Waals surface area (Å²) >= 11 is 1.60. The van der Waals surface area contributed by atoms with Crippen LogP contribution >= 0.6 is 11.3 Å². The maximum atomic E-state index is 11.9. The predicted molar refractivity (Wildman–Crippen MR) is 107 cm³/mol. The molecule has 3 heterocycles. The highest BCUT2D eigenvalue weighted by molar-refractivity contribution is 7.13. The maximum absolute atomic E-state index is 11.9. The van der Waals surface area contributed by atoms with E-state index in [0.29, 0.717) is 12.2 Å². The van der Waals surface area contributed by atoms with Gasteiger partial charge in [-0.15, -0.1) is 11.3 Å². The number of piperidine rings is 1. The van der Waals surface area contributed by atoms with Gasteiger partial charge in [-0.3, -0.25) is 4.79 Å². The first-order valence-corrected chi connectivity index (χ1v) is 10.7. The van der Waals surface area contributed by atoms with E-state index in [-0.39, 0.29) is 19.1 Å². The zero-order chi connectivity index (χ0) is 18.9. The molecule has 0 radical (unpaired) electrons. The molecule has 0 bridgehead atoms. The Morgan fingerprint density at radius 3 is 3.22 bits per heavy atom. The Morgan fingerprint density at radius 2 is 2.41 bits per heavy atom. The van der Waals surface area contributed by atoms with Crippen LogP contribution in [0.4, 0.5) is 0 Å². The number of rotatable bonds is 10. The number of likely N-dealkylation sites (tertiary alicyclic amines) is 1. The van der Waals surface area contributed by atoms with Gasteiger partial charge in [0, 0.05) is 25.2 Å². The van der Waals surface area contributed by atoms with Crippen molar-refractivity contribution in [2.75, 3.05) is 26.2 Å². The number of nitrogens with one attached hydrogen (secondary N) is 1. The SMILES string of the molecule is CC[C@H]1CCCCN1CCCNC(=O)COCc1cc(-c2cccs2)on1. The van der Waals surface area contributed by atoms with Gasteiger partial charge in [0.2, 0.25) is 5.91 Å². The lowest BCUT2D eigenvalue weighted by Gasteiger charge is -2.35. The van der Waals surface area contributed by atoms with Gasteiger partial charge in [0.05, 0.1) is 11.5 Å². The molecule has 1 aliphatic heterocycles. The van der Waals surface area contributed by atoms with E-state index in [1.165, 1.54) is 32.2 Å². The van der Waals surface area contributed by atoms with E-state index >= 15 is 0 Å². The van der Waals surface area contributed by atoms with E-state index in [1.54, 1.807) is 11.3 Å². The first-order valence-electron chi connectivity index (χ1n) is 9.84. The number of carbonyl (C=O) groups is 1. The standard InChI is InChI=1S/C20H29N3O3S/c1-2-17-7-3-4-10-23(17)11-6-9-21-20(24)15-25-14-16-13-18(26-22-16)19-8-5-12-27-19/h5,8,12-13,17H,2-4,6-7,9-11,14-15H2,1H3,(H,21,24)/t17-/m0/s1. The Bertz CT molecular complexity index is 686. The second-order valence-corrected chi connectivity index (χ2v) is 7.90. The molecule has 0 saturated carbocycles.